The molecule has 9 heteroatoms. The lowest BCUT2D eigenvalue weighted by atomic mass is 10.1. The maximum atomic E-state index is 12.6. The number of aromatic nitrogens is 4. The number of carbonyl (C=O) groups excluding carboxylic acids is 1. The van der Waals surface area contributed by atoms with Crippen LogP contribution in [0.4, 0.5) is 5.69 Å². The molecular formula is C20H22N6O3. The highest BCUT2D eigenvalue weighted by Crippen LogP contribution is 2.28. The van der Waals surface area contributed by atoms with Crippen molar-refractivity contribution >= 4 is 22.5 Å². The molecule has 9 nitrogen and oxygen atoms in total. The molecule has 1 aliphatic heterocycles. The smallest absolute Gasteiger partial charge is 0.279 e. The van der Waals surface area contributed by atoms with Crippen molar-refractivity contribution in [2.24, 2.45) is 0 Å². The summed E-state index contributed by atoms with van der Waals surface area (Å²) in [6, 6.07) is 5.98. The minimum atomic E-state index is -0.466. The predicted octanol–water partition coefficient (Wildman–Crippen LogP) is 1.46. The van der Waals surface area contributed by atoms with E-state index in [1.165, 1.54) is 18.7 Å². The van der Waals surface area contributed by atoms with Crippen LogP contribution in [-0.4, -0.2) is 63.0 Å². The second-order valence-electron chi connectivity index (χ2n) is 7.09. The van der Waals surface area contributed by atoms with E-state index in [4.69, 9.17) is 4.74 Å². The van der Waals surface area contributed by atoms with Crippen LogP contribution in [0.1, 0.15) is 24.3 Å². The third-order valence-electron chi connectivity index (χ3n) is 4.77. The van der Waals surface area contributed by atoms with E-state index in [0.29, 0.717) is 32.1 Å². The zero-order valence-corrected chi connectivity index (χ0v) is 16.3. The van der Waals surface area contributed by atoms with Crippen molar-refractivity contribution in [1.82, 2.24) is 24.8 Å². The van der Waals surface area contributed by atoms with Crippen LogP contribution in [0.15, 0.2) is 41.7 Å². The molecule has 1 amide bonds. The van der Waals surface area contributed by atoms with E-state index in [1.807, 2.05) is 32.0 Å². The summed E-state index contributed by atoms with van der Waals surface area (Å²) >= 11 is 0. The van der Waals surface area contributed by atoms with Crippen LogP contribution in [0, 0.1) is 0 Å². The number of benzene rings is 1. The normalized spacial score (nSPS) is 14.4. The van der Waals surface area contributed by atoms with Crippen LogP contribution >= 0.6 is 0 Å². The van der Waals surface area contributed by atoms with E-state index in [0.717, 1.165) is 16.6 Å². The molecule has 2 aromatic heterocycles. The maximum absolute atomic E-state index is 12.6. The van der Waals surface area contributed by atoms with Gasteiger partial charge in [-0.3, -0.25) is 9.59 Å². The van der Waals surface area contributed by atoms with E-state index in [-0.39, 0.29) is 17.7 Å². The van der Waals surface area contributed by atoms with Gasteiger partial charge in [-0.1, -0.05) is 0 Å². The number of H-pyrrole nitrogens is 1. The van der Waals surface area contributed by atoms with Crippen LogP contribution in [0.25, 0.3) is 10.9 Å². The van der Waals surface area contributed by atoms with Gasteiger partial charge in [0.05, 0.1) is 17.0 Å². The van der Waals surface area contributed by atoms with Gasteiger partial charge in [-0.15, -0.1) is 0 Å². The Hall–Kier alpha value is -3.49. The van der Waals surface area contributed by atoms with Gasteiger partial charge in [0.2, 0.25) is 5.88 Å². The zero-order chi connectivity index (χ0) is 20.4. The summed E-state index contributed by atoms with van der Waals surface area (Å²) < 4.78 is 5.82. The second-order valence-corrected chi connectivity index (χ2v) is 7.09. The summed E-state index contributed by atoms with van der Waals surface area (Å²) in [6.07, 6.45) is 4.35. The summed E-state index contributed by atoms with van der Waals surface area (Å²) in [5.74, 6) is 0.223. The molecule has 0 saturated carbocycles. The summed E-state index contributed by atoms with van der Waals surface area (Å²) in [5.41, 5.74) is 1.30. The van der Waals surface area contributed by atoms with Crippen LogP contribution in [0.2, 0.25) is 0 Å². The van der Waals surface area contributed by atoms with Gasteiger partial charge in [0.1, 0.15) is 6.33 Å². The first-order valence-corrected chi connectivity index (χ1v) is 9.52. The Balaban J connectivity index is 1.51. The molecule has 150 valence electrons. The third-order valence-corrected chi connectivity index (χ3v) is 4.77. The standard InChI is InChI=1S/C20H22N6O3/c1-13(2)29-19-15-11-14(3-4-16(15)23-12-24-19)25-7-9-26(10-8-25)20(28)17-18(27)22-6-5-21-17/h3-6,11-13H,7-10H2,1-2H3,(H,22,27). The number of ether oxygens (including phenoxy) is 1. The topological polar surface area (TPSA) is 104 Å². The fraction of sp³-hybridized carbons (Fsp3) is 0.350. The number of aromatic amines is 1. The summed E-state index contributed by atoms with van der Waals surface area (Å²) in [6.45, 7) is 6.23. The molecule has 1 N–H and O–H groups in total. The maximum Gasteiger partial charge on any atom is 0.279 e. The first kappa shape index (κ1) is 18.9. The number of rotatable bonds is 4. The molecule has 1 fully saturated rings. The number of anilines is 1. The lowest BCUT2D eigenvalue weighted by Gasteiger charge is -2.36. The Bertz CT molecular complexity index is 1090. The van der Waals surface area contributed by atoms with Crippen molar-refractivity contribution in [1.29, 1.82) is 0 Å². The lowest BCUT2D eigenvalue weighted by Crippen LogP contribution is -2.49. The minimum absolute atomic E-state index is 0.0149. The molecule has 0 aliphatic carbocycles. The number of hydrogen-bond donors (Lipinski definition) is 1. The summed E-state index contributed by atoms with van der Waals surface area (Å²) in [4.78, 5) is 43.2. The van der Waals surface area contributed by atoms with Crippen molar-refractivity contribution in [3.8, 4) is 5.88 Å². The monoisotopic (exact) mass is 394 g/mol. The highest BCUT2D eigenvalue weighted by atomic mass is 16.5. The first-order valence-electron chi connectivity index (χ1n) is 9.52. The lowest BCUT2D eigenvalue weighted by molar-refractivity contribution is 0.0739. The fourth-order valence-corrected chi connectivity index (χ4v) is 3.36. The van der Waals surface area contributed by atoms with Crippen LogP contribution in [0.5, 0.6) is 5.88 Å². The van der Waals surface area contributed by atoms with E-state index < -0.39 is 5.56 Å². The molecule has 0 unspecified atom stereocenters. The average molecular weight is 394 g/mol. The second kappa shape index (κ2) is 7.86. The first-order chi connectivity index (χ1) is 14.0. The zero-order valence-electron chi connectivity index (χ0n) is 16.3. The minimum Gasteiger partial charge on any atom is -0.474 e. The van der Waals surface area contributed by atoms with Gasteiger partial charge in [0.25, 0.3) is 11.5 Å². The van der Waals surface area contributed by atoms with E-state index in [2.05, 4.69) is 24.8 Å². The fourth-order valence-electron chi connectivity index (χ4n) is 3.36. The Morgan fingerprint density at radius 3 is 2.66 bits per heavy atom. The van der Waals surface area contributed by atoms with Gasteiger partial charge < -0.3 is 19.5 Å². The molecule has 1 saturated heterocycles. The van der Waals surface area contributed by atoms with Gasteiger partial charge in [0, 0.05) is 44.3 Å². The third kappa shape index (κ3) is 3.89. The van der Waals surface area contributed by atoms with Crippen LogP contribution in [0.3, 0.4) is 0 Å². The molecule has 0 spiro atoms. The van der Waals surface area contributed by atoms with Crippen molar-refractivity contribution < 1.29 is 9.53 Å². The van der Waals surface area contributed by atoms with Crippen LogP contribution in [-0.2, 0) is 0 Å². The number of nitrogens with zero attached hydrogens (tertiary/aromatic N) is 5. The molecule has 3 heterocycles. The Morgan fingerprint density at radius 2 is 1.93 bits per heavy atom. The van der Waals surface area contributed by atoms with Gasteiger partial charge in [0.15, 0.2) is 5.69 Å². The number of carbonyl (C=O) groups is 1. The molecule has 4 rings (SSSR count). The molecular weight excluding hydrogens is 372 g/mol. The molecule has 1 aromatic carbocycles. The van der Waals surface area contributed by atoms with Gasteiger partial charge in [-0.05, 0) is 32.0 Å². The Morgan fingerprint density at radius 1 is 1.14 bits per heavy atom. The van der Waals surface area contributed by atoms with Gasteiger partial charge in [-0.2, -0.15) is 0 Å². The number of hydrogen-bond acceptors (Lipinski definition) is 7. The Labute approximate surface area is 167 Å². The molecule has 0 bridgehead atoms. The Kier molecular flexibility index (Phi) is 5.11. The van der Waals surface area contributed by atoms with Crippen molar-refractivity contribution in [3.05, 3.63) is 53.0 Å². The summed E-state index contributed by atoms with van der Waals surface area (Å²) in [5, 5.41) is 0.859. The average Bonchev–Trinajstić information content (AvgIpc) is 2.73. The molecule has 3 aromatic rings. The highest BCUT2D eigenvalue weighted by Gasteiger charge is 2.25. The molecule has 0 radical (unpaired) electrons. The number of nitrogens with one attached hydrogen (secondary N) is 1. The number of amides is 1. The van der Waals surface area contributed by atoms with E-state index >= 15 is 0 Å². The van der Waals surface area contributed by atoms with Gasteiger partial charge >= 0.3 is 0 Å². The van der Waals surface area contributed by atoms with E-state index in [1.54, 1.807) is 4.90 Å². The van der Waals surface area contributed by atoms with E-state index in [9.17, 15) is 9.59 Å². The molecule has 1 aliphatic rings. The van der Waals surface area contributed by atoms with Gasteiger partial charge in [-0.25, -0.2) is 15.0 Å². The molecule has 0 atom stereocenters. The summed E-state index contributed by atoms with van der Waals surface area (Å²) in [7, 11) is 0. The number of piperazine rings is 1. The predicted molar refractivity (Wildman–Crippen MR) is 108 cm³/mol. The van der Waals surface area contributed by atoms with Crippen molar-refractivity contribution in [2.75, 3.05) is 31.1 Å². The quantitative estimate of drug-likeness (QED) is 0.714. The SMILES string of the molecule is CC(C)Oc1ncnc2ccc(N3CCN(C(=O)c4ncc[nH]c4=O)CC3)cc12. The highest BCUT2D eigenvalue weighted by molar-refractivity contribution is 5.92. The molecule has 29 heavy (non-hydrogen) atoms. The largest absolute Gasteiger partial charge is 0.474 e. The van der Waals surface area contributed by atoms with Crippen molar-refractivity contribution in [3.63, 3.8) is 0 Å². The number of fused-ring (bicyclic) bond motifs is 1. The van der Waals surface area contributed by atoms with Crippen LogP contribution < -0.4 is 15.2 Å². The van der Waals surface area contributed by atoms with Crippen molar-refractivity contribution in [2.45, 2.75) is 20.0 Å².